The van der Waals surface area contributed by atoms with E-state index < -0.39 is 0 Å². The number of ether oxygens (including phenoxy) is 2. The number of carbonyl (C=O) groups excluding carboxylic acids is 2. The van der Waals surface area contributed by atoms with Crippen LogP contribution in [0.1, 0.15) is 28.5 Å². The number of hydrogen-bond acceptors (Lipinski definition) is 6. The number of fused-ring (bicyclic) bond motifs is 1. The van der Waals surface area contributed by atoms with Crippen LogP contribution in [0.5, 0.6) is 5.75 Å². The van der Waals surface area contributed by atoms with Crippen molar-refractivity contribution in [1.29, 1.82) is 5.26 Å². The largest absolute Gasteiger partial charge is 0.497 e. The Morgan fingerprint density at radius 1 is 1.41 bits per heavy atom. The summed E-state index contributed by atoms with van der Waals surface area (Å²) in [5.74, 6) is 0.376. The van der Waals surface area contributed by atoms with Gasteiger partial charge in [0.25, 0.3) is 0 Å². The van der Waals surface area contributed by atoms with Gasteiger partial charge in [-0.3, -0.25) is 4.79 Å². The summed E-state index contributed by atoms with van der Waals surface area (Å²) in [7, 11) is 1.58. The summed E-state index contributed by atoms with van der Waals surface area (Å²) in [4.78, 5) is 26.8. The van der Waals surface area contributed by atoms with Gasteiger partial charge in [0.2, 0.25) is 5.91 Å². The van der Waals surface area contributed by atoms with Gasteiger partial charge >= 0.3 is 6.09 Å². The van der Waals surface area contributed by atoms with Crippen molar-refractivity contribution in [3.05, 3.63) is 51.9 Å². The predicted molar refractivity (Wildman–Crippen MR) is 111 cm³/mol. The van der Waals surface area contributed by atoms with Gasteiger partial charge in [-0.25, -0.2) is 4.79 Å². The molecule has 1 N–H and O–H groups in total. The first kappa shape index (κ1) is 20.4. The quantitative estimate of drug-likeness (QED) is 0.756. The maximum Gasteiger partial charge on any atom is 0.410 e. The first-order valence-electron chi connectivity index (χ1n) is 9.15. The lowest BCUT2D eigenvalue weighted by atomic mass is 10.0. The highest BCUT2D eigenvalue weighted by atomic mass is 32.1. The van der Waals surface area contributed by atoms with E-state index in [4.69, 9.17) is 9.47 Å². The summed E-state index contributed by atoms with van der Waals surface area (Å²) in [6, 6.07) is 9.53. The zero-order chi connectivity index (χ0) is 20.8. The fourth-order valence-corrected chi connectivity index (χ4v) is 4.27. The molecule has 0 bridgehead atoms. The van der Waals surface area contributed by atoms with Crippen LogP contribution in [0.3, 0.4) is 0 Å². The second-order valence-corrected chi connectivity index (χ2v) is 7.39. The molecule has 2 amide bonds. The molecule has 8 heteroatoms. The van der Waals surface area contributed by atoms with Crippen LogP contribution in [-0.4, -0.2) is 37.2 Å². The Hall–Kier alpha value is -3.31. The number of nitrogens with zero attached hydrogens (tertiary/aromatic N) is 2. The first-order valence-corrected chi connectivity index (χ1v) is 9.96. The highest BCUT2D eigenvalue weighted by Gasteiger charge is 2.27. The number of amides is 2. The second-order valence-electron chi connectivity index (χ2n) is 6.29. The smallest absolute Gasteiger partial charge is 0.410 e. The summed E-state index contributed by atoms with van der Waals surface area (Å²) in [6.45, 7) is 2.94. The number of nitrogens with one attached hydrogen (secondary N) is 1. The molecular formula is C21H21N3O4S. The van der Waals surface area contributed by atoms with Gasteiger partial charge < -0.3 is 19.7 Å². The van der Waals surface area contributed by atoms with E-state index >= 15 is 0 Å². The summed E-state index contributed by atoms with van der Waals surface area (Å²) in [5, 5.41) is 12.9. The zero-order valence-electron chi connectivity index (χ0n) is 16.2. The Bertz CT molecular complexity index is 990. The van der Waals surface area contributed by atoms with Gasteiger partial charge in [0.15, 0.2) is 0 Å². The fourth-order valence-electron chi connectivity index (χ4n) is 3.05. The maximum atomic E-state index is 12.4. The van der Waals surface area contributed by atoms with Crippen molar-refractivity contribution in [3.8, 4) is 11.8 Å². The van der Waals surface area contributed by atoms with Crippen LogP contribution in [-0.2, 0) is 22.5 Å². The van der Waals surface area contributed by atoms with Gasteiger partial charge in [-0.05, 0) is 42.7 Å². The highest BCUT2D eigenvalue weighted by molar-refractivity contribution is 7.16. The number of benzene rings is 1. The topological polar surface area (TPSA) is 91.7 Å². The molecule has 2 aromatic rings. The van der Waals surface area contributed by atoms with Crippen molar-refractivity contribution in [1.82, 2.24) is 4.90 Å². The van der Waals surface area contributed by atoms with Gasteiger partial charge in [-0.15, -0.1) is 11.3 Å². The van der Waals surface area contributed by atoms with Gasteiger partial charge in [-0.1, -0.05) is 12.1 Å². The summed E-state index contributed by atoms with van der Waals surface area (Å²) in [5.41, 5.74) is 2.19. The molecule has 0 unspecified atom stereocenters. The van der Waals surface area contributed by atoms with Gasteiger partial charge in [0.1, 0.15) is 16.8 Å². The van der Waals surface area contributed by atoms with E-state index in [-0.39, 0.29) is 12.0 Å². The van der Waals surface area contributed by atoms with E-state index in [9.17, 15) is 14.9 Å². The maximum absolute atomic E-state index is 12.4. The van der Waals surface area contributed by atoms with Crippen molar-refractivity contribution < 1.29 is 19.1 Å². The van der Waals surface area contributed by atoms with Crippen molar-refractivity contribution >= 4 is 34.4 Å². The zero-order valence-corrected chi connectivity index (χ0v) is 17.0. The van der Waals surface area contributed by atoms with E-state index in [1.165, 1.54) is 17.4 Å². The lowest BCUT2D eigenvalue weighted by Gasteiger charge is -2.25. The van der Waals surface area contributed by atoms with E-state index in [0.717, 1.165) is 16.0 Å². The third kappa shape index (κ3) is 4.76. The Kier molecular flexibility index (Phi) is 6.52. The van der Waals surface area contributed by atoms with Gasteiger partial charge in [0.05, 0.1) is 25.8 Å². The number of rotatable bonds is 5. The average molecular weight is 411 g/mol. The Balaban J connectivity index is 1.73. The van der Waals surface area contributed by atoms with Crippen LogP contribution >= 0.6 is 11.3 Å². The Labute approximate surface area is 173 Å². The van der Waals surface area contributed by atoms with E-state index in [0.29, 0.717) is 42.4 Å². The van der Waals surface area contributed by atoms with Crippen molar-refractivity contribution in [2.75, 3.05) is 25.6 Å². The average Bonchev–Trinajstić information content (AvgIpc) is 3.08. The Morgan fingerprint density at radius 2 is 2.24 bits per heavy atom. The molecular weight excluding hydrogens is 390 g/mol. The first-order chi connectivity index (χ1) is 14.0. The van der Waals surface area contributed by atoms with Crippen LogP contribution in [0.15, 0.2) is 30.3 Å². The molecule has 0 spiro atoms. The van der Waals surface area contributed by atoms with E-state index in [2.05, 4.69) is 11.4 Å². The molecule has 1 aliphatic heterocycles. The molecule has 1 aromatic heterocycles. The molecule has 0 atom stereocenters. The van der Waals surface area contributed by atoms with Crippen LogP contribution in [0, 0.1) is 11.3 Å². The number of methoxy groups -OCH3 is 1. The monoisotopic (exact) mass is 411 g/mol. The van der Waals surface area contributed by atoms with Crippen LogP contribution in [0.4, 0.5) is 9.80 Å². The number of carbonyl (C=O) groups is 2. The molecule has 150 valence electrons. The molecule has 1 aliphatic rings. The van der Waals surface area contributed by atoms with Crippen molar-refractivity contribution in [3.63, 3.8) is 0 Å². The minimum absolute atomic E-state index is 0.316. The van der Waals surface area contributed by atoms with E-state index in [1.807, 2.05) is 24.3 Å². The molecule has 1 aromatic carbocycles. The molecule has 0 radical (unpaired) electrons. The van der Waals surface area contributed by atoms with Crippen LogP contribution in [0.25, 0.3) is 6.08 Å². The predicted octanol–water partition coefficient (Wildman–Crippen LogP) is 3.79. The number of nitriles is 1. The number of anilines is 1. The summed E-state index contributed by atoms with van der Waals surface area (Å²) < 4.78 is 10.2. The standard InChI is InChI=1S/C21H21N3O4S/c1-3-28-21(26)24-10-9-16-17(12-22)20(29-18(16)13-24)23-19(25)8-7-14-5-4-6-15(11-14)27-2/h4-8,11H,3,9-10,13H2,1-2H3,(H,23,25). The molecule has 3 rings (SSSR count). The van der Waals surface area contributed by atoms with Crippen molar-refractivity contribution in [2.24, 2.45) is 0 Å². The Morgan fingerprint density at radius 3 is 2.97 bits per heavy atom. The third-order valence-electron chi connectivity index (χ3n) is 4.45. The normalized spacial score (nSPS) is 12.9. The summed E-state index contributed by atoms with van der Waals surface area (Å²) >= 11 is 1.32. The molecule has 0 saturated carbocycles. The van der Waals surface area contributed by atoms with E-state index in [1.54, 1.807) is 25.0 Å². The SMILES string of the molecule is CCOC(=O)N1CCc2c(sc(NC(=O)C=Cc3cccc(OC)c3)c2C#N)C1. The van der Waals surface area contributed by atoms with Crippen molar-refractivity contribution in [2.45, 2.75) is 19.9 Å². The number of thiophene rings is 1. The molecule has 0 fully saturated rings. The molecule has 29 heavy (non-hydrogen) atoms. The van der Waals surface area contributed by atoms with Crippen LogP contribution < -0.4 is 10.1 Å². The highest BCUT2D eigenvalue weighted by Crippen LogP contribution is 2.36. The molecule has 0 saturated heterocycles. The number of hydrogen-bond donors (Lipinski definition) is 1. The summed E-state index contributed by atoms with van der Waals surface area (Å²) in [6.07, 6.45) is 3.29. The van der Waals surface area contributed by atoms with Crippen LogP contribution in [0.2, 0.25) is 0 Å². The molecule has 7 nitrogen and oxygen atoms in total. The minimum Gasteiger partial charge on any atom is -0.497 e. The van der Waals surface area contributed by atoms with Gasteiger partial charge in [-0.2, -0.15) is 5.26 Å². The third-order valence-corrected chi connectivity index (χ3v) is 5.58. The molecule has 0 aliphatic carbocycles. The molecule has 2 heterocycles. The fraction of sp³-hybridized carbons (Fsp3) is 0.286. The minimum atomic E-state index is -0.364. The van der Waals surface area contributed by atoms with Gasteiger partial charge in [0, 0.05) is 17.5 Å². The lowest BCUT2D eigenvalue weighted by molar-refractivity contribution is -0.111. The lowest BCUT2D eigenvalue weighted by Crippen LogP contribution is -2.35. The second kappa shape index (κ2) is 9.26.